The number of thiophene rings is 1. The highest BCUT2D eigenvalue weighted by molar-refractivity contribution is 14.1. The number of phenols is 1. The van der Waals surface area contributed by atoms with E-state index in [2.05, 4.69) is 40.0 Å². The standard InChI is InChI=1S/C15H16INO2S/c16-14-9-8-13(20-14)2-1-3-15(19)17-10-11-4-6-12(18)7-5-11/h4-9,18H,1-3,10H2,(H,17,19). The first-order valence-corrected chi connectivity index (χ1v) is 8.32. The van der Waals surface area contributed by atoms with Crippen LogP contribution in [0.3, 0.4) is 0 Å². The smallest absolute Gasteiger partial charge is 0.220 e. The highest BCUT2D eigenvalue weighted by Crippen LogP contribution is 2.19. The molecule has 1 aromatic heterocycles. The molecule has 0 bridgehead atoms. The molecule has 1 aromatic carbocycles. The van der Waals surface area contributed by atoms with Crippen molar-refractivity contribution in [2.45, 2.75) is 25.8 Å². The van der Waals surface area contributed by atoms with Gasteiger partial charge in [0.1, 0.15) is 5.75 Å². The minimum Gasteiger partial charge on any atom is -0.508 e. The molecule has 0 radical (unpaired) electrons. The number of carbonyl (C=O) groups excluding carboxylic acids is 1. The van der Waals surface area contributed by atoms with Crippen LogP contribution < -0.4 is 5.32 Å². The quantitative estimate of drug-likeness (QED) is 0.726. The second kappa shape index (κ2) is 7.64. The van der Waals surface area contributed by atoms with E-state index in [0.29, 0.717) is 13.0 Å². The topological polar surface area (TPSA) is 49.3 Å². The fourth-order valence-electron chi connectivity index (χ4n) is 1.81. The van der Waals surface area contributed by atoms with E-state index in [4.69, 9.17) is 0 Å². The Morgan fingerprint density at radius 3 is 2.60 bits per heavy atom. The summed E-state index contributed by atoms with van der Waals surface area (Å²) >= 11 is 4.09. The van der Waals surface area contributed by atoms with Crippen molar-refractivity contribution in [1.29, 1.82) is 0 Å². The Morgan fingerprint density at radius 2 is 1.95 bits per heavy atom. The number of carbonyl (C=O) groups is 1. The van der Waals surface area contributed by atoms with Crippen LogP contribution in [0.2, 0.25) is 0 Å². The van der Waals surface area contributed by atoms with Gasteiger partial charge < -0.3 is 10.4 Å². The van der Waals surface area contributed by atoms with Crippen molar-refractivity contribution in [1.82, 2.24) is 5.32 Å². The summed E-state index contributed by atoms with van der Waals surface area (Å²) in [4.78, 5) is 13.1. The molecule has 3 nitrogen and oxygen atoms in total. The number of amides is 1. The van der Waals surface area contributed by atoms with Crippen molar-refractivity contribution in [2.24, 2.45) is 0 Å². The molecule has 0 aliphatic rings. The van der Waals surface area contributed by atoms with Gasteiger partial charge in [-0.2, -0.15) is 0 Å². The number of phenolic OH excluding ortho intramolecular Hbond substituents is 1. The Labute approximate surface area is 136 Å². The lowest BCUT2D eigenvalue weighted by Gasteiger charge is -2.05. The third kappa shape index (κ3) is 5.13. The van der Waals surface area contributed by atoms with Gasteiger partial charge in [0.05, 0.1) is 2.88 Å². The zero-order valence-corrected chi connectivity index (χ0v) is 13.9. The number of nitrogens with one attached hydrogen (secondary N) is 1. The molecule has 5 heteroatoms. The van der Waals surface area contributed by atoms with E-state index in [-0.39, 0.29) is 11.7 Å². The average molecular weight is 401 g/mol. The summed E-state index contributed by atoms with van der Waals surface area (Å²) in [5, 5.41) is 12.1. The van der Waals surface area contributed by atoms with Crippen LogP contribution in [0.1, 0.15) is 23.3 Å². The third-order valence-electron chi connectivity index (χ3n) is 2.88. The van der Waals surface area contributed by atoms with Crippen LogP contribution in [-0.4, -0.2) is 11.0 Å². The van der Waals surface area contributed by atoms with Crippen molar-refractivity contribution < 1.29 is 9.90 Å². The minimum atomic E-state index is 0.0735. The van der Waals surface area contributed by atoms with Crippen LogP contribution in [0, 0.1) is 2.88 Å². The van der Waals surface area contributed by atoms with Gasteiger partial charge in [-0.25, -0.2) is 0 Å². The molecule has 2 rings (SSSR count). The van der Waals surface area contributed by atoms with E-state index >= 15 is 0 Å². The molecule has 0 unspecified atom stereocenters. The van der Waals surface area contributed by atoms with E-state index in [1.165, 1.54) is 7.76 Å². The molecule has 0 aliphatic carbocycles. The van der Waals surface area contributed by atoms with E-state index in [1.54, 1.807) is 23.5 Å². The van der Waals surface area contributed by atoms with E-state index < -0.39 is 0 Å². The molecular formula is C15H16INO2S. The average Bonchev–Trinajstić information content (AvgIpc) is 2.84. The summed E-state index contributed by atoms with van der Waals surface area (Å²) in [5.74, 6) is 0.315. The zero-order valence-electron chi connectivity index (χ0n) is 10.9. The summed E-state index contributed by atoms with van der Waals surface area (Å²) in [6.07, 6.45) is 2.38. The van der Waals surface area contributed by atoms with Gasteiger partial charge in [0, 0.05) is 17.8 Å². The molecule has 2 N–H and O–H groups in total. The van der Waals surface area contributed by atoms with Crippen LogP contribution in [0.5, 0.6) is 5.75 Å². The lowest BCUT2D eigenvalue weighted by Crippen LogP contribution is -2.22. The Morgan fingerprint density at radius 1 is 1.20 bits per heavy atom. The maximum atomic E-state index is 11.7. The van der Waals surface area contributed by atoms with Gasteiger partial charge in [-0.15, -0.1) is 11.3 Å². The molecule has 0 atom stereocenters. The molecule has 1 heterocycles. The first kappa shape index (κ1) is 15.3. The number of aromatic hydroxyl groups is 1. The molecule has 0 fully saturated rings. The SMILES string of the molecule is O=C(CCCc1ccc(I)s1)NCc1ccc(O)cc1. The Balaban J connectivity index is 1.66. The lowest BCUT2D eigenvalue weighted by atomic mass is 10.2. The van der Waals surface area contributed by atoms with Crippen LogP contribution >= 0.6 is 33.9 Å². The lowest BCUT2D eigenvalue weighted by molar-refractivity contribution is -0.121. The Bertz CT molecular complexity index is 566. The predicted molar refractivity (Wildman–Crippen MR) is 89.9 cm³/mol. The largest absolute Gasteiger partial charge is 0.508 e. The first-order chi connectivity index (χ1) is 9.63. The number of aryl methyl sites for hydroxylation is 1. The number of hydrogen-bond donors (Lipinski definition) is 2. The summed E-state index contributed by atoms with van der Waals surface area (Å²) < 4.78 is 1.29. The molecule has 0 saturated carbocycles. The zero-order chi connectivity index (χ0) is 14.4. The summed E-state index contributed by atoms with van der Waals surface area (Å²) in [5.41, 5.74) is 0.990. The van der Waals surface area contributed by atoms with Gasteiger partial charge in [-0.05, 0) is 65.3 Å². The molecule has 0 aliphatic heterocycles. The maximum Gasteiger partial charge on any atom is 0.220 e. The molecule has 1 amide bonds. The molecular weight excluding hydrogens is 385 g/mol. The number of benzene rings is 1. The molecule has 106 valence electrons. The van der Waals surface area contributed by atoms with Gasteiger partial charge in [-0.1, -0.05) is 12.1 Å². The van der Waals surface area contributed by atoms with E-state index in [1.807, 2.05) is 12.1 Å². The summed E-state index contributed by atoms with van der Waals surface area (Å²) in [6, 6.07) is 11.1. The van der Waals surface area contributed by atoms with Crippen LogP contribution in [0.15, 0.2) is 36.4 Å². The van der Waals surface area contributed by atoms with Gasteiger partial charge in [-0.3, -0.25) is 4.79 Å². The monoisotopic (exact) mass is 401 g/mol. The fourth-order valence-corrected chi connectivity index (χ4v) is 3.61. The normalized spacial score (nSPS) is 10.4. The summed E-state index contributed by atoms with van der Waals surface area (Å²) in [7, 11) is 0. The van der Waals surface area contributed by atoms with E-state index in [0.717, 1.165) is 18.4 Å². The van der Waals surface area contributed by atoms with Crippen LogP contribution in [0.4, 0.5) is 0 Å². The second-order valence-electron chi connectivity index (χ2n) is 4.50. The van der Waals surface area contributed by atoms with Gasteiger partial charge in [0.15, 0.2) is 0 Å². The number of rotatable bonds is 6. The number of halogens is 1. The van der Waals surface area contributed by atoms with Gasteiger partial charge >= 0.3 is 0 Å². The van der Waals surface area contributed by atoms with Gasteiger partial charge in [0.2, 0.25) is 5.91 Å². The molecule has 0 spiro atoms. The number of hydrogen-bond acceptors (Lipinski definition) is 3. The Kier molecular flexibility index (Phi) is 5.85. The van der Waals surface area contributed by atoms with Crippen molar-refractivity contribution in [3.63, 3.8) is 0 Å². The van der Waals surface area contributed by atoms with Crippen molar-refractivity contribution in [3.05, 3.63) is 49.7 Å². The fraction of sp³-hybridized carbons (Fsp3) is 0.267. The van der Waals surface area contributed by atoms with E-state index in [9.17, 15) is 9.90 Å². The minimum absolute atomic E-state index is 0.0735. The van der Waals surface area contributed by atoms with Crippen molar-refractivity contribution in [3.8, 4) is 5.75 Å². The van der Waals surface area contributed by atoms with Crippen molar-refractivity contribution in [2.75, 3.05) is 0 Å². The molecule has 0 saturated heterocycles. The van der Waals surface area contributed by atoms with Crippen LogP contribution in [0.25, 0.3) is 0 Å². The van der Waals surface area contributed by atoms with Gasteiger partial charge in [0.25, 0.3) is 0 Å². The molecule has 2 aromatic rings. The van der Waals surface area contributed by atoms with Crippen molar-refractivity contribution >= 4 is 39.8 Å². The predicted octanol–water partition coefficient (Wildman–Crippen LogP) is 3.70. The molecule has 20 heavy (non-hydrogen) atoms. The first-order valence-electron chi connectivity index (χ1n) is 6.42. The third-order valence-corrected chi connectivity index (χ3v) is 4.84. The summed E-state index contributed by atoms with van der Waals surface area (Å²) in [6.45, 7) is 0.510. The second-order valence-corrected chi connectivity index (χ2v) is 7.57. The Hall–Kier alpha value is -1.08. The maximum absolute atomic E-state index is 11.7. The highest BCUT2D eigenvalue weighted by atomic mass is 127. The van der Waals surface area contributed by atoms with Crippen LogP contribution in [-0.2, 0) is 17.8 Å². The highest BCUT2D eigenvalue weighted by Gasteiger charge is 2.03.